The van der Waals surface area contributed by atoms with Crippen LogP contribution < -0.4 is 5.73 Å². The molecule has 4 nitrogen and oxygen atoms in total. The fourth-order valence-corrected chi connectivity index (χ4v) is 5.89. The summed E-state index contributed by atoms with van der Waals surface area (Å²) in [7, 11) is 0. The van der Waals surface area contributed by atoms with E-state index in [4.69, 9.17) is 5.73 Å². The molecule has 2 fully saturated rings. The molecule has 28 heavy (non-hydrogen) atoms. The van der Waals surface area contributed by atoms with Gasteiger partial charge in [-0.25, -0.2) is 4.98 Å². The van der Waals surface area contributed by atoms with Crippen molar-refractivity contribution < 1.29 is 0 Å². The number of pyridine rings is 1. The molecule has 3 aliphatic rings. The molecule has 1 aromatic heterocycles. The highest BCUT2D eigenvalue weighted by molar-refractivity contribution is 5.39. The van der Waals surface area contributed by atoms with Crippen LogP contribution in [0.4, 0.5) is 5.82 Å². The number of fused-ring (bicyclic) bond motifs is 2. The number of anilines is 1. The number of hydrogen-bond donors (Lipinski definition) is 1. The van der Waals surface area contributed by atoms with E-state index in [9.17, 15) is 0 Å². The van der Waals surface area contributed by atoms with Crippen LogP contribution in [-0.2, 0) is 18.4 Å². The molecule has 0 bridgehead atoms. The number of rotatable bonds is 3. The van der Waals surface area contributed by atoms with Crippen LogP contribution in [0.15, 0.2) is 42.6 Å². The Morgan fingerprint density at radius 3 is 2.57 bits per heavy atom. The maximum Gasteiger partial charge on any atom is 0.123 e. The first-order valence-corrected chi connectivity index (χ1v) is 11.0. The predicted molar refractivity (Wildman–Crippen MR) is 114 cm³/mol. The summed E-state index contributed by atoms with van der Waals surface area (Å²) >= 11 is 0. The van der Waals surface area contributed by atoms with E-state index in [1.807, 2.05) is 12.3 Å². The molecule has 1 spiro atoms. The summed E-state index contributed by atoms with van der Waals surface area (Å²) in [4.78, 5) is 9.48. The zero-order valence-electron chi connectivity index (χ0n) is 16.8. The van der Waals surface area contributed by atoms with Gasteiger partial charge in [0.05, 0.1) is 0 Å². The van der Waals surface area contributed by atoms with Crippen molar-refractivity contribution in [2.24, 2.45) is 0 Å². The normalized spacial score (nSPS) is 23.1. The molecule has 4 heteroatoms. The van der Waals surface area contributed by atoms with E-state index in [0.29, 0.717) is 11.2 Å². The maximum atomic E-state index is 5.83. The molecule has 0 unspecified atom stereocenters. The Labute approximate surface area is 168 Å². The molecule has 2 aliphatic heterocycles. The minimum absolute atomic E-state index is 0.481. The summed E-state index contributed by atoms with van der Waals surface area (Å²) in [5, 5.41) is 0. The Morgan fingerprint density at radius 1 is 1.00 bits per heavy atom. The molecule has 0 atom stereocenters. The summed E-state index contributed by atoms with van der Waals surface area (Å²) < 4.78 is 0. The number of piperidine rings is 2. The molecular weight excluding hydrogens is 344 g/mol. The molecule has 0 saturated carbocycles. The average Bonchev–Trinajstić information content (AvgIpc) is 3.08. The van der Waals surface area contributed by atoms with Crippen LogP contribution in [0.25, 0.3) is 0 Å². The molecule has 0 radical (unpaired) electrons. The SMILES string of the molecule is Nc1cc(CN2CCC(N3CCC4(CCc5ccccc54)CC3)CC2)ccn1. The quantitative estimate of drug-likeness (QED) is 0.889. The van der Waals surface area contributed by atoms with Crippen molar-refractivity contribution in [1.82, 2.24) is 14.8 Å². The number of likely N-dealkylation sites (tertiary alicyclic amines) is 2. The number of nitrogens with two attached hydrogens (primary N) is 1. The molecule has 148 valence electrons. The Hall–Kier alpha value is -1.91. The smallest absolute Gasteiger partial charge is 0.123 e. The van der Waals surface area contributed by atoms with Gasteiger partial charge in [0.15, 0.2) is 0 Å². The highest BCUT2D eigenvalue weighted by Crippen LogP contribution is 2.46. The first-order chi connectivity index (χ1) is 13.7. The number of nitrogens with zero attached hydrogens (tertiary/aromatic N) is 3. The minimum Gasteiger partial charge on any atom is -0.384 e. The van der Waals surface area contributed by atoms with Gasteiger partial charge in [-0.3, -0.25) is 4.90 Å². The van der Waals surface area contributed by atoms with E-state index in [-0.39, 0.29) is 0 Å². The van der Waals surface area contributed by atoms with Gasteiger partial charge < -0.3 is 10.6 Å². The number of benzene rings is 1. The lowest BCUT2D eigenvalue weighted by Gasteiger charge is -2.45. The Bertz CT molecular complexity index is 817. The lowest BCUT2D eigenvalue weighted by Crippen LogP contribution is -2.50. The number of aryl methyl sites for hydroxylation is 1. The van der Waals surface area contributed by atoms with Gasteiger partial charge in [0.25, 0.3) is 0 Å². The van der Waals surface area contributed by atoms with Crippen molar-refractivity contribution in [3.63, 3.8) is 0 Å². The topological polar surface area (TPSA) is 45.4 Å². The second-order valence-electron chi connectivity index (χ2n) is 9.07. The number of nitrogen functional groups attached to an aromatic ring is 1. The van der Waals surface area contributed by atoms with E-state index in [2.05, 4.69) is 45.1 Å². The molecular formula is C24H32N4. The van der Waals surface area contributed by atoms with Gasteiger partial charge in [0, 0.05) is 18.8 Å². The summed E-state index contributed by atoms with van der Waals surface area (Å²) in [5.41, 5.74) is 10.9. The van der Waals surface area contributed by atoms with Crippen LogP contribution in [0, 0.1) is 0 Å². The molecule has 2 saturated heterocycles. The summed E-state index contributed by atoms with van der Waals surface area (Å²) in [5.74, 6) is 0.628. The number of aromatic nitrogens is 1. The Balaban J connectivity index is 1.15. The zero-order valence-corrected chi connectivity index (χ0v) is 16.8. The third-order valence-corrected chi connectivity index (χ3v) is 7.54. The van der Waals surface area contributed by atoms with Crippen molar-refractivity contribution in [1.29, 1.82) is 0 Å². The van der Waals surface area contributed by atoms with Crippen molar-refractivity contribution in [3.05, 3.63) is 59.3 Å². The minimum atomic E-state index is 0.481. The molecule has 3 heterocycles. The van der Waals surface area contributed by atoms with Crippen molar-refractivity contribution >= 4 is 5.82 Å². The largest absolute Gasteiger partial charge is 0.384 e. The molecule has 0 amide bonds. The lowest BCUT2D eigenvalue weighted by molar-refractivity contribution is 0.0662. The van der Waals surface area contributed by atoms with E-state index in [1.54, 1.807) is 11.1 Å². The maximum absolute atomic E-state index is 5.83. The highest BCUT2D eigenvalue weighted by Gasteiger charge is 2.42. The molecule has 2 N–H and O–H groups in total. The van der Waals surface area contributed by atoms with Crippen LogP contribution in [0.3, 0.4) is 0 Å². The van der Waals surface area contributed by atoms with E-state index in [1.165, 1.54) is 70.3 Å². The van der Waals surface area contributed by atoms with Gasteiger partial charge in [-0.05, 0) is 98.9 Å². The van der Waals surface area contributed by atoms with E-state index >= 15 is 0 Å². The third kappa shape index (κ3) is 3.44. The second kappa shape index (κ2) is 7.49. The van der Waals surface area contributed by atoms with Crippen molar-refractivity contribution in [2.75, 3.05) is 31.9 Å². The van der Waals surface area contributed by atoms with Crippen LogP contribution in [-0.4, -0.2) is 47.0 Å². The summed E-state index contributed by atoms with van der Waals surface area (Å²) in [6.45, 7) is 5.94. The first kappa shape index (κ1) is 18.1. The standard InChI is InChI=1S/C24H32N4/c25-23-17-19(6-12-26-23)18-27-13-7-21(8-14-27)28-15-10-24(11-16-28)9-5-20-3-1-2-4-22(20)24/h1-4,6,12,17,21H,5,7-11,13-16,18H2,(H2,25,26). The second-order valence-corrected chi connectivity index (χ2v) is 9.07. The van der Waals surface area contributed by atoms with Crippen LogP contribution in [0.1, 0.15) is 48.8 Å². The van der Waals surface area contributed by atoms with Gasteiger partial charge in [0.1, 0.15) is 5.82 Å². The Kier molecular flexibility index (Phi) is 4.85. The van der Waals surface area contributed by atoms with Crippen molar-refractivity contribution in [3.8, 4) is 0 Å². The van der Waals surface area contributed by atoms with Gasteiger partial charge >= 0.3 is 0 Å². The van der Waals surface area contributed by atoms with Crippen LogP contribution >= 0.6 is 0 Å². The van der Waals surface area contributed by atoms with Gasteiger partial charge in [0.2, 0.25) is 0 Å². The highest BCUT2D eigenvalue weighted by atomic mass is 15.2. The fourth-order valence-electron chi connectivity index (χ4n) is 5.89. The Morgan fingerprint density at radius 2 is 1.79 bits per heavy atom. The molecule has 1 aliphatic carbocycles. The summed E-state index contributed by atoms with van der Waals surface area (Å²) in [6, 6.07) is 14.1. The number of hydrogen-bond acceptors (Lipinski definition) is 4. The van der Waals surface area contributed by atoms with Crippen molar-refractivity contribution in [2.45, 2.75) is 56.5 Å². The van der Waals surface area contributed by atoms with Crippen LogP contribution in [0.5, 0.6) is 0 Å². The monoisotopic (exact) mass is 376 g/mol. The summed E-state index contributed by atoms with van der Waals surface area (Å²) in [6.07, 6.45) is 9.76. The fraction of sp³-hybridized carbons (Fsp3) is 0.542. The molecule has 1 aromatic carbocycles. The molecule has 2 aromatic rings. The van der Waals surface area contributed by atoms with Gasteiger partial charge in [-0.15, -0.1) is 0 Å². The van der Waals surface area contributed by atoms with Crippen LogP contribution in [0.2, 0.25) is 0 Å². The first-order valence-electron chi connectivity index (χ1n) is 11.0. The molecule has 5 rings (SSSR count). The van der Waals surface area contributed by atoms with Gasteiger partial charge in [-0.2, -0.15) is 0 Å². The van der Waals surface area contributed by atoms with E-state index < -0.39 is 0 Å². The zero-order chi connectivity index (χ0) is 19.0. The predicted octanol–water partition coefficient (Wildman–Crippen LogP) is 3.61. The average molecular weight is 377 g/mol. The third-order valence-electron chi connectivity index (χ3n) is 7.54. The lowest BCUT2D eigenvalue weighted by atomic mass is 9.73. The van der Waals surface area contributed by atoms with Gasteiger partial charge in [-0.1, -0.05) is 24.3 Å². The van der Waals surface area contributed by atoms with E-state index in [0.717, 1.165) is 12.6 Å².